The first-order valence-corrected chi connectivity index (χ1v) is 6.94. The highest BCUT2D eigenvalue weighted by molar-refractivity contribution is 6.47. The van der Waals surface area contributed by atoms with Crippen molar-refractivity contribution in [1.29, 1.82) is 0 Å². The third kappa shape index (κ3) is 2.46. The number of benzene rings is 3. The van der Waals surface area contributed by atoms with Gasteiger partial charge in [-0.3, -0.25) is 0 Å². The van der Waals surface area contributed by atoms with Crippen LogP contribution in [0.3, 0.4) is 0 Å². The number of rotatable bonds is 3. The maximum Gasteiger partial charge on any atom is 0.351 e. The van der Waals surface area contributed by atoms with Gasteiger partial charge in [0.1, 0.15) is 11.5 Å². The van der Waals surface area contributed by atoms with Gasteiger partial charge in [0.15, 0.2) is 0 Å². The van der Waals surface area contributed by atoms with E-state index in [0.29, 0.717) is 0 Å². The minimum Gasteiger partial charge on any atom is -0.535 e. The number of aromatic hydroxyl groups is 1. The van der Waals surface area contributed by atoms with E-state index in [1.807, 2.05) is 60.7 Å². The molecule has 0 bridgehead atoms. The van der Waals surface area contributed by atoms with Crippen molar-refractivity contribution in [2.45, 2.75) is 0 Å². The summed E-state index contributed by atoms with van der Waals surface area (Å²) in [5.74, 6) is 1.08. The van der Waals surface area contributed by atoms with E-state index in [1.54, 1.807) is 6.07 Å². The first-order valence-electron chi connectivity index (χ1n) is 6.03. The fourth-order valence-electron chi connectivity index (χ4n) is 1.96. The standard InChI is InChI=1S/C16H12O2Si/c17-15-10-11-16(14-9-5-4-8-13(14)15)18-19-12-6-2-1-3-7-12/h1-11,17H. The van der Waals surface area contributed by atoms with Crippen LogP contribution in [0.5, 0.6) is 11.5 Å². The molecular weight excluding hydrogens is 252 g/mol. The second-order valence-corrected chi connectivity index (χ2v) is 5.18. The minimum absolute atomic E-state index is 0.260. The Hall–Kier alpha value is -2.26. The van der Waals surface area contributed by atoms with Crippen LogP contribution in [-0.2, 0) is 0 Å². The first-order chi connectivity index (χ1) is 9.34. The second kappa shape index (κ2) is 5.16. The van der Waals surface area contributed by atoms with Crippen LogP contribution >= 0.6 is 0 Å². The molecule has 92 valence electrons. The Morgan fingerprint density at radius 3 is 2.21 bits per heavy atom. The molecule has 3 aromatic rings. The van der Waals surface area contributed by atoms with E-state index < -0.39 is 0 Å². The van der Waals surface area contributed by atoms with Crippen LogP contribution < -0.4 is 9.61 Å². The zero-order valence-corrected chi connectivity index (χ0v) is 11.2. The van der Waals surface area contributed by atoms with Gasteiger partial charge < -0.3 is 9.53 Å². The van der Waals surface area contributed by atoms with Crippen molar-refractivity contribution in [3.8, 4) is 11.5 Å². The van der Waals surface area contributed by atoms with Crippen molar-refractivity contribution in [3.05, 3.63) is 66.7 Å². The SMILES string of the molecule is Oc1ccc(O[Si]c2ccccc2)c2ccccc12. The highest BCUT2D eigenvalue weighted by atomic mass is 28.2. The van der Waals surface area contributed by atoms with Crippen LogP contribution in [0.1, 0.15) is 0 Å². The molecule has 0 unspecified atom stereocenters. The largest absolute Gasteiger partial charge is 0.535 e. The van der Waals surface area contributed by atoms with Crippen LogP contribution in [0, 0.1) is 0 Å². The van der Waals surface area contributed by atoms with Crippen molar-refractivity contribution in [2.24, 2.45) is 0 Å². The van der Waals surface area contributed by atoms with Crippen molar-refractivity contribution in [2.75, 3.05) is 0 Å². The van der Waals surface area contributed by atoms with Gasteiger partial charge in [-0.15, -0.1) is 0 Å². The van der Waals surface area contributed by atoms with Crippen LogP contribution in [0.2, 0.25) is 0 Å². The third-order valence-electron chi connectivity index (χ3n) is 2.91. The summed E-state index contributed by atoms with van der Waals surface area (Å²) in [6, 6.07) is 21.3. The van der Waals surface area contributed by atoms with Gasteiger partial charge in [-0.05, 0) is 17.3 Å². The molecule has 0 aliphatic rings. The van der Waals surface area contributed by atoms with E-state index in [2.05, 4.69) is 0 Å². The summed E-state index contributed by atoms with van der Waals surface area (Å²) < 4.78 is 5.88. The van der Waals surface area contributed by atoms with Gasteiger partial charge in [0.2, 0.25) is 0 Å². The molecule has 0 heterocycles. The molecule has 0 aliphatic carbocycles. The fraction of sp³-hybridized carbons (Fsp3) is 0. The number of hydrogen-bond acceptors (Lipinski definition) is 2. The van der Waals surface area contributed by atoms with Gasteiger partial charge in [0.05, 0.1) is 0 Å². The van der Waals surface area contributed by atoms with E-state index in [0.717, 1.165) is 21.7 Å². The lowest BCUT2D eigenvalue weighted by atomic mass is 10.1. The van der Waals surface area contributed by atoms with Crippen molar-refractivity contribution >= 4 is 25.7 Å². The summed E-state index contributed by atoms with van der Waals surface area (Å²) in [6.45, 7) is 0. The number of phenols is 1. The van der Waals surface area contributed by atoms with Crippen molar-refractivity contribution in [3.63, 3.8) is 0 Å². The Bertz CT molecular complexity index is 695. The monoisotopic (exact) mass is 264 g/mol. The van der Waals surface area contributed by atoms with Crippen LogP contribution in [0.25, 0.3) is 10.8 Å². The van der Waals surface area contributed by atoms with E-state index >= 15 is 0 Å². The van der Waals surface area contributed by atoms with Crippen molar-refractivity contribution in [1.82, 2.24) is 0 Å². The summed E-state index contributed by atoms with van der Waals surface area (Å²) in [4.78, 5) is 0. The van der Waals surface area contributed by atoms with E-state index in [4.69, 9.17) is 4.43 Å². The summed E-state index contributed by atoms with van der Waals surface area (Å²) in [5.41, 5.74) is 0. The molecule has 0 saturated heterocycles. The molecule has 0 fully saturated rings. The lowest BCUT2D eigenvalue weighted by Gasteiger charge is -2.09. The van der Waals surface area contributed by atoms with Gasteiger partial charge >= 0.3 is 9.76 Å². The van der Waals surface area contributed by atoms with E-state index in [-0.39, 0.29) is 15.5 Å². The quantitative estimate of drug-likeness (QED) is 0.737. The van der Waals surface area contributed by atoms with Gasteiger partial charge in [-0.1, -0.05) is 54.6 Å². The molecule has 2 radical (unpaired) electrons. The predicted octanol–water partition coefficient (Wildman–Crippen LogP) is 2.87. The summed E-state index contributed by atoms with van der Waals surface area (Å²) in [6.07, 6.45) is 0. The average molecular weight is 264 g/mol. The van der Waals surface area contributed by atoms with Gasteiger partial charge in [0.25, 0.3) is 0 Å². The molecule has 0 atom stereocenters. The summed E-state index contributed by atoms with van der Waals surface area (Å²) >= 11 is 0. The Morgan fingerprint density at radius 1 is 0.737 bits per heavy atom. The average Bonchev–Trinajstić information content (AvgIpc) is 2.48. The maximum absolute atomic E-state index is 9.83. The number of phenolic OH excluding ortho intramolecular Hbond substituents is 1. The molecule has 0 aromatic heterocycles. The van der Waals surface area contributed by atoms with Crippen LogP contribution in [0.15, 0.2) is 66.7 Å². The van der Waals surface area contributed by atoms with Gasteiger partial charge in [-0.25, -0.2) is 0 Å². The maximum atomic E-state index is 9.83. The van der Waals surface area contributed by atoms with Crippen LogP contribution in [0.4, 0.5) is 0 Å². The molecule has 3 heteroatoms. The molecule has 2 nitrogen and oxygen atoms in total. The Morgan fingerprint density at radius 2 is 1.42 bits per heavy atom. The third-order valence-corrected chi connectivity index (χ3v) is 3.80. The lowest BCUT2D eigenvalue weighted by molar-refractivity contribution is 0.480. The molecule has 3 rings (SSSR count). The molecule has 3 aromatic carbocycles. The molecule has 0 aliphatic heterocycles. The summed E-state index contributed by atoms with van der Waals surface area (Å²) in [5, 5.41) is 12.7. The predicted molar refractivity (Wildman–Crippen MR) is 78.1 cm³/mol. The second-order valence-electron chi connectivity index (χ2n) is 4.20. The van der Waals surface area contributed by atoms with E-state index in [1.165, 1.54) is 0 Å². The highest BCUT2D eigenvalue weighted by Gasteiger charge is 2.06. The smallest absolute Gasteiger partial charge is 0.351 e. The Kier molecular flexibility index (Phi) is 3.21. The molecule has 0 saturated carbocycles. The zero-order valence-electron chi connectivity index (χ0n) is 10.2. The van der Waals surface area contributed by atoms with Gasteiger partial charge in [-0.2, -0.15) is 0 Å². The van der Waals surface area contributed by atoms with E-state index in [9.17, 15) is 5.11 Å². The molecule has 1 N–H and O–H groups in total. The Labute approximate surface area is 114 Å². The molecule has 0 spiro atoms. The minimum atomic E-state index is 0.260. The van der Waals surface area contributed by atoms with Gasteiger partial charge in [0, 0.05) is 10.8 Å². The lowest BCUT2D eigenvalue weighted by Crippen LogP contribution is -2.19. The number of hydrogen-bond donors (Lipinski definition) is 1. The molecule has 0 amide bonds. The van der Waals surface area contributed by atoms with Crippen LogP contribution in [-0.4, -0.2) is 14.9 Å². The molecular formula is C16H12O2Si. The van der Waals surface area contributed by atoms with Crippen molar-refractivity contribution < 1.29 is 9.53 Å². The first kappa shape index (κ1) is 11.8. The summed E-state index contributed by atoms with van der Waals surface area (Å²) in [7, 11) is 0.260. The highest BCUT2D eigenvalue weighted by Crippen LogP contribution is 2.31. The zero-order chi connectivity index (χ0) is 13.1. The fourth-order valence-corrected chi connectivity index (χ4v) is 2.70. The Balaban J connectivity index is 1.91. The normalized spacial score (nSPS) is 10.5. The number of fused-ring (bicyclic) bond motifs is 1. The molecule has 19 heavy (non-hydrogen) atoms. The topological polar surface area (TPSA) is 29.5 Å².